The second-order valence-electron chi connectivity index (χ2n) is 5.40. The van der Waals surface area contributed by atoms with Crippen LogP contribution in [0.3, 0.4) is 0 Å². The van der Waals surface area contributed by atoms with E-state index in [1.807, 2.05) is 0 Å². The SMILES string of the molecule is Cc1nnnn1/C=C\SC1=C(C(=O)O)N2C(=O)C(C(C)O)C2C1. The lowest BCUT2D eigenvalue weighted by Gasteiger charge is -2.44. The van der Waals surface area contributed by atoms with Gasteiger partial charge < -0.3 is 15.1 Å². The van der Waals surface area contributed by atoms with E-state index < -0.39 is 18.0 Å². The molecule has 3 unspecified atom stereocenters. The molecule has 0 aromatic carbocycles. The zero-order valence-corrected chi connectivity index (χ0v) is 13.3. The Morgan fingerprint density at radius 2 is 2.26 bits per heavy atom. The van der Waals surface area contributed by atoms with Gasteiger partial charge in [-0.25, -0.2) is 9.48 Å². The summed E-state index contributed by atoms with van der Waals surface area (Å²) in [5, 5.41) is 31.7. The van der Waals surface area contributed by atoms with Crippen molar-refractivity contribution < 1.29 is 19.8 Å². The van der Waals surface area contributed by atoms with Crippen molar-refractivity contribution >= 4 is 29.8 Å². The summed E-state index contributed by atoms with van der Waals surface area (Å²) >= 11 is 1.22. The van der Waals surface area contributed by atoms with Gasteiger partial charge in [0.1, 0.15) is 5.70 Å². The topological polar surface area (TPSA) is 121 Å². The second-order valence-corrected chi connectivity index (χ2v) is 6.40. The molecule has 1 amide bonds. The van der Waals surface area contributed by atoms with Gasteiger partial charge in [0.15, 0.2) is 5.82 Å². The number of aromatic nitrogens is 4. The number of carboxylic acids is 1. The van der Waals surface area contributed by atoms with Crippen LogP contribution in [0.1, 0.15) is 19.2 Å². The molecule has 1 fully saturated rings. The predicted molar refractivity (Wildman–Crippen MR) is 80.6 cm³/mol. The molecule has 1 aromatic rings. The average Bonchev–Trinajstić information content (AvgIpc) is 3.01. The van der Waals surface area contributed by atoms with Crippen molar-refractivity contribution in [3.8, 4) is 0 Å². The number of rotatable bonds is 5. The molecule has 10 heteroatoms. The predicted octanol–water partition coefficient (Wildman–Crippen LogP) is 0.0506. The number of tetrazole rings is 1. The fourth-order valence-electron chi connectivity index (χ4n) is 2.88. The van der Waals surface area contributed by atoms with Gasteiger partial charge in [-0.2, -0.15) is 0 Å². The number of hydrogen-bond acceptors (Lipinski definition) is 7. The lowest BCUT2D eigenvalue weighted by atomic mass is 9.83. The first-order valence-electron chi connectivity index (χ1n) is 6.97. The number of carbonyl (C=O) groups excluding carboxylic acids is 1. The van der Waals surface area contributed by atoms with Crippen LogP contribution in [0.5, 0.6) is 0 Å². The van der Waals surface area contributed by atoms with Gasteiger partial charge in [0.05, 0.1) is 18.1 Å². The van der Waals surface area contributed by atoms with E-state index in [9.17, 15) is 19.8 Å². The number of aliphatic hydroxyl groups is 1. The Bertz CT molecular complexity index is 726. The quantitative estimate of drug-likeness (QED) is 0.723. The molecule has 0 bridgehead atoms. The van der Waals surface area contributed by atoms with Crippen LogP contribution < -0.4 is 0 Å². The van der Waals surface area contributed by atoms with Crippen LogP contribution in [-0.4, -0.2) is 59.3 Å². The summed E-state index contributed by atoms with van der Waals surface area (Å²) in [5.74, 6) is -1.40. The first-order chi connectivity index (χ1) is 10.9. The Kier molecular flexibility index (Phi) is 3.94. The molecule has 3 heterocycles. The van der Waals surface area contributed by atoms with E-state index in [0.717, 1.165) is 0 Å². The van der Waals surface area contributed by atoms with Crippen molar-refractivity contribution in [2.24, 2.45) is 5.92 Å². The number of β-lactam (4-membered cyclic amide) rings is 1. The maximum absolute atomic E-state index is 12.1. The number of nitrogens with zero attached hydrogens (tertiary/aromatic N) is 5. The molecule has 23 heavy (non-hydrogen) atoms. The Labute approximate surface area is 135 Å². The van der Waals surface area contributed by atoms with E-state index in [-0.39, 0.29) is 17.6 Å². The van der Waals surface area contributed by atoms with Gasteiger partial charge >= 0.3 is 5.97 Å². The number of fused-ring (bicyclic) bond motifs is 1. The number of carbonyl (C=O) groups is 2. The number of hydrogen-bond donors (Lipinski definition) is 2. The van der Waals surface area contributed by atoms with Crippen molar-refractivity contribution in [2.75, 3.05) is 0 Å². The molecule has 3 rings (SSSR count). The fraction of sp³-hybridized carbons (Fsp3) is 0.462. The average molecular weight is 337 g/mol. The molecule has 9 nitrogen and oxygen atoms in total. The van der Waals surface area contributed by atoms with Crippen molar-refractivity contribution in [1.82, 2.24) is 25.1 Å². The van der Waals surface area contributed by atoms with Crippen molar-refractivity contribution in [3.63, 3.8) is 0 Å². The number of aliphatic hydroxyl groups excluding tert-OH is 1. The Morgan fingerprint density at radius 3 is 2.83 bits per heavy atom. The smallest absolute Gasteiger partial charge is 0.353 e. The van der Waals surface area contributed by atoms with Crippen molar-refractivity contribution in [3.05, 3.63) is 21.8 Å². The normalized spacial score (nSPS) is 25.0. The molecule has 1 saturated heterocycles. The first kappa shape index (κ1) is 15.7. The summed E-state index contributed by atoms with van der Waals surface area (Å²) in [6, 6.07) is -0.278. The van der Waals surface area contributed by atoms with Crippen molar-refractivity contribution in [2.45, 2.75) is 32.4 Å². The van der Waals surface area contributed by atoms with Crippen LogP contribution >= 0.6 is 11.8 Å². The molecule has 122 valence electrons. The maximum Gasteiger partial charge on any atom is 0.353 e. The summed E-state index contributed by atoms with van der Waals surface area (Å²) in [7, 11) is 0. The highest BCUT2D eigenvalue weighted by Crippen LogP contribution is 2.47. The number of aliphatic carboxylic acids is 1. The van der Waals surface area contributed by atoms with Crippen LogP contribution in [0.4, 0.5) is 0 Å². The molecular formula is C13H15N5O4S. The highest BCUT2D eigenvalue weighted by atomic mass is 32.2. The number of carboxylic acid groups (broad SMARTS) is 1. The summed E-state index contributed by atoms with van der Waals surface area (Å²) in [5.41, 5.74) is -0.0000118. The molecule has 2 N–H and O–H groups in total. The third-order valence-electron chi connectivity index (χ3n) is 3.96. The van der Waals surface area contributed by atoms with Gasteiger partial charge in [-0.1, -0.05) is 11.8 Å². The van der Waals surface area contributed by atoms with Crippen LogP contribution in [0.2, 0.25) is 0 Å². The van der Waals surface area contributed by atoms with E-state index >= 15 is 0 Å². The summed E-state index contributed by atoms with van der Waals surface area (Å²) in [6.07, 6.45) is 1.25. The lowest BCUT2D eigenvalue weighted by molar-refractivity contribution is -0.161. The standard InChI is InChI=1S/C13H15N5O4S/c1-6(19)10-8-5-9(11(13(21)22)18(8)12(10)20)23-4-3-17-7(2)14-15-16-17/h3-4,6,8,10,19H,5H2,1-2H3,(H,21,22)/b4-3-. The minimum absolute atomic E-state index is 0.0000118. The van der Waals surface area contributed by atoms with E-state index in [0.29, 0.717) is 17.2 Å². The molecule has 1 aromatic heterocycles. The number of thioether (sulfide) groups is 1. The van der Waals surface area contributed by atoms with Gasteiger partial charge in [-0.15, -0.1) is 5.10 Å². The largest absolute Gasteiger partial charge is 0.477 e. The first-order valence-corrected chi connectivity index (χ1v) is 7.85. The van der Waals surface area contributed by atoms with Gasteiger partial charge in [0, 0.05) is 17.5 Å². The molecule has 3 atom stereocenters. The number of aryl methyl sites for hydroxylation is 1. The molecule has 0 saturated carbocycles. The van der Waals surface area contributed by atoms with Crippen molar-refractivity contribution in [1.29, 1.82) is 0 Å². The zero-order chi connectivity index (χ0) is 16.7. The summed E-state index contributed by atoms with van der Waals surface area (Å²) in [4.78, 5) is 25.4. The van der Waals surface area contributed by atoms with Crippen LogP contribution in [0.25, 0.3) is 6.20 Å². The molecule has 2 aliphatic heterocycles. The highest BCUT2D eigenvalue weighted by molar-refractivity contribution is 8.06. The Hall–Kier alpha value is -2.20. The number of amides is 1. The second kappa shape index (κ2) is 5.78. The third-order valence-corrected chi connectivity index (χ3v) is 4.86. The van der Waals surface area contributed by atoms with E-state index in [2.05, 4.69) is 15.5 Å². The van der Waals surface area contributed by atoms with E-state index in [1.54, 1.807) is 25.5 Å². The molecule has 0 aliphatic carbocycles. The Balaban J connectivity index is 1.79. The minimum Gasteiger partial charge on any atom is -0.477 e. The fourth-order valence-corrected chi connectivity index (χ4v) is 3.79. The maximum atomic E-state index is 12.1. The highest BCUT2D eigenvalue weighted by Gasteiger charge is 2.56. The van der Waals surface area contributed by atoms with Gasteiger partial charge in [0.25, 0.3) is 0 Å². The van der Waals surface area contributed by atoms with Crippen LogP contribution in [0.15, 0.2) is 16.0 Å². The van der Waals surface area contributed by atoms with E-state index in [1.165, 1.54) is 21.3 Å². The summed E-state index contributed by atoms with van der Waals surface area (Å²) < 4.78 is 1.46. The van der Waals surface area contributed by atoms with E-state index in [4.69, 9.17) is 0 Å². The van der Waals surface area contributed by atoms with Gasteiger partial charge in [0.2, 0.25) is 5.91 Å². The monoisotopic (exact) mass is 337 g/mol. The summed E-state index contributed by atoms with van der Waals surface area (Å²) in [6.45, 7) is 3.29. The molecular weight excluding hydrogens is 322 g/mol. The third kappa shape index (κ3) is 2.53. The lowest BCUT2D eigenvalue weighted by Crippen LogP contribution is -2.61. The Morgan fingerprint density at radius 1 is 1.52 bits per heavy atom. The molecule has 0 spiro atoms. The molecule has 0 radical (unpaired) electrons. The zero-order valence-electron chi connectivity index (χ0n) is 12.4. The molecule has 2 aliphatic rings. The minimum atomic E-state index is -1.14. The van der Waals surface area contributed by atoms with Gasteiger partial charge in [-0.3, -0.25) is 4.79 Å². The van der Waals surface area contributed by atoms with Crippen LogP contribution in [-0.2, 0) is 9.59 Å². The van der Waals surface area contributed by atoms with Crippen LogP contribution in [0, 0.1) is 12.8 Å². The van der Waals surface area contributed by atoms with Gasteiger partial charge in [-0.05, 0) is 29.7 Å².